The van der Waals surface area contributed by atoms with E-state index in [4.69, 9.17) is 23.2 Å². The zero-order chi connectivity index (χ0) is 6.48. The minimum Gasteiger partial charge on any atom is -0.101 e. The van der Waals surface area contributed by atoms with E-state index in [1.807, 2.05) is 0 Å². The molecule has 0 saturated heterocycles. The van der Waals surface area contributed by atoms with E-state index in [-0.39, 0.29) is 4.33 Å². The molecule has 0 spiro atoms. The van der Waals surface area contributed by atoms with Crippen molar-refractivity contribution in [3.63, 3.8) is 0 Å². The molecule has 0 aromatic heterocycles. The lowest BCUT2D eigenvalue weighted by Gasteiger charge is -2.23. The fraction of sp³-hybridized carbons (Fsp3) is 1.00. The van der Waals surface area contributed by atoms with Gasteiger partial charge in [0.25, 0.3) is 0 Å². The summed E-state index contributed by atoms with van der Waals surface area (Å²) in [7, 11) is 0. The van der Waals surface area contributed by atoms with E-state index in [0.29, 0.717) is 5.92 Å². The van der Waals surface area contributed by atoms with Crippen LogP contribution in [-0.4, -0.2) is 4.33 Å². The summed E-state index contributed by atoms with van der Waals surface area (Å²) in [5, 5.41) is 0. The molecule has 0 bridgehead atoms. The predicted molar refractivity (Wildman–Crippen MR) is 39.9 cm³/mol. The van der Waals surface area contributed by atoms with Crippen LogP contribution < -0.4 is 0 Å². The molecular weight excluding hydrogens is 155 g/mol. The van der Waals surface area contributed by atoms with Crippen molar-refractivity contribution in [3.05, 3.63) is 0 Å². The van der Waals surface area contributed by atoms with Crippen molar-refractivity contribution in [1.29, 1.82) is 0 Å². The van der Waals surface area contributed by atoms with Crippen LogP contribution in [0, 0.1) is 11.8 Å². The Morgan fingerprint density at radius 3 is 2.67 bits per heavy atom. The largest absolute Gasteiger partial charge is 0.121 e. The predicted octanol–water partition coefficient (Wildman–Crippen LogP) is 2.98. The van der Waals surface area contributed by atoms with E-state index in [0.717, 1.165) is 12.3 Å². The number of rotatable bonds is 0. The highest BCUT2D eigenvalue weighted by molar-refractivity contribution is 6.48. The van der Waals surface area contributed by atoms with Crippen LogP contribution in [0.5, 0.6) is 0 Å². The number of hydrogen-bond donors (Lipinski definition) is 0. The standard InChI is InChI=1S/C7H10Cl2/c8-7(9)3-1-2-5-4-6(5)7/h5-6H,1-4H2/t5-,6-/m1/s1. The molecule has 0 amide bonds. The molecule has 2 rings (SSSR count). The van der Waals surface area contributed by atoms with Crippen LogP contribution in [0.15, 0.2) is 0 Å². The van der Waals surface area contributed by atoms with E-state index in [9.17, 15) is 0 Å². The Morgan fingerprint density at radius 2 is 2.11 bits per heavy atom. The first kappa shape index (κ1) is 6.30. The molecule has 0 aliphatic heterocycles. The highest BCUT2D eigenvalue weighted by atomic mass is 35.5. The van der Waals surface area contributed by atoms with Crippen LogP contribution in [0.25, 0.3) is 0 Å². The van der Waals surface area contributed by atoms with E-state index in [2.05, 4.69) is 0 Å². The average Bonchev–Trinajstić information content (AvgIpc) is 2.43. The molecule has 2 atom stereocenters. The van der Waals surface area contributed by atoms with E-state index < -0.39 is 0 Å². The molecule has 2 saturated carbocycles. The summed E-state index contributed by atoms with van der Waals surface area (Å²) in [5.41, 5.74) is 0. The highest BCUT2D eigenvalue weighted by Gasteiger charge is 2.52. The second-order valence-electron chi connectivity index (χ2n) is 3.26. The Bertz CT molecular complexity index is 131. The summed E-state index contributed by atoms with van der Waals surface area (Å²) in [6.45, 7) is 0. The van der Waals surface area contributed by atoms with Gasteiger partial charge in [-0.1, -0.05) is 6.42 Å². The van der Waals surface area contributed by atoms with Gasteiger partial charge in [-0.15, -0.1) is 23.2 Å². The summed E-state index contributed by atoms with van der Waals surface area (Å²) in [6.07, 6.45) is 4.89. The summed E-state index contributed by atoms with van der Waals surface area (Å²) >= 11 is 12.1. The smallest absolute Gasteiger partial charge is 0.101 e. The van der Waals surface area contributed by atoms with Crippen molar-refractivity contribution in [3.8, 4) is 0 Å². The molecule has 2 heteroatoms. The Morgan fingerprint density at radius 1 is 1.33 bits per heavy atom. The van der Waals surface area contributed by atoms with E-state index >= 15 is 0 Å². The van der Waals surface area contributed by atoms with Gasteiger partial charge in [-0.05, 0) is 31.1 Å². The van der Waals surface area contributed by atoms with Crippen molar-refractivity contribution >= 4 is 23.2 Å². The molecule has 0 aromatic carbocycles. The quantitative estimate of drug-likeness (QED) is 0.484. The van der Waals surface area contributed by atoms with Gasteiger partial charge in [-0.2, -0.15) is 0 Å². The number of alkyl halides is 2. The first-order chi connectivity index (χ1) is 4.20. The lowest BCUT2D eigenvalue weighted by atomic mass is 10.00. The second kappa shape index (κ2) is 1.79. The molecule has 0 aromatic rings. The van der Waals surface area contributed by atoms with Gasteiger partial charge in [0.1, 0.15) is 4.33 Å². The summed E-state index contributed by atoms with van der Waals surface area (Å²) in [6, 6.07) is 0. The molecule has 2 aliphatic carbocycles. The van der Waals surface area contributed by atoms with Crippen LogP contribution >= 0.6 is 23.2 Å². The third-order valence-electron chi connectivity index (χ3n) is 2.55. The van der Waals surface area contributed by atoms with E-state index in [1.54, 1.807) is 0 Å². The topological polar surface area (TPSA) is 0 Å². The van der Waals surface area contributed by atoms with Gasteiger partial charge in [0, 0.05) is 0 Å². The lowest BCUT2D eigenvalue weighted by molar-refractivity contribution is 0.455. The van der Waals surface area contributed by atoms with Gasteiger partial charge in [-0.3, -0.25) is 0 Å². The van der Waals surface area contributed by atoms with Crippen LogP contribution in [-0.2, 0) is 0 Å². The van der Waals surface area contributed by atoms with Gasteiger partial charge >= 0.3 is 0 Å². The fourth-order valence-electron chi connectivity index (χ4n) is 1.87. The zero-order valence-corrected chi connectivity index (χ0v) is 6.75. The third-order valence-corrected chi connectivity index (χ3v) is 3.49. The summed E-state index contributed by atoms with van der Waals surface area (Å²) < 4.78 is -0.344. The molecule has 0 nitrogen and oxygen atoms in total. The third kappa shape index (κ3) is 0.969. The van der Waals surface area contributed by atoms with Crippen molar-refractivity contribution in [1.82, 2.24) is 0 Å². The number of fused-ring (bicyclic) bond motifs is 1. The first-order valence-corrected chi connectivity index (χ1v) is 4.33. The Balaban J connectivity index is 2.09. The van der Waals surface area contributed by atoms with Gasteiger partial charge in [0.2, 0.25) is 0 Å². The van der Waals surface area contributed by atoms with Crippen molar-refractivity contribution in [2.24, 2.45) is 11.8 Å². The highest BCUT2D eigenvalue weighted by Crippen LogP contribution is 2.59. The van der Waals surface area contributed by atoms with Crippen molar-refractivity contribution in [2.75, 3.05) is 0 Å². The molecule has 0 heterocycles. The maximum absolute atomic E-state index is 6.03. The fourth-order valence-corrected chi connectivity index (χ4v) is 2.67. The molecule has 0 radical (unpaired) electrons. The lowest BCUT2D eigenvalue weighted by Crippen LogP contribution is -2.20. The number of halogens is 2. The maximum atomic E-state index is 6.03. The summed E-state index contributed by atoms with van der Waals surface area (Å²) in [4.78, 5) is 0. The minimum absolute atomic E-state index is 0.344. The van der Waals surface area contributed by atoms with Crippen LogP contribution in [0.3, 0.4) is 0 Å². The molecule has 0 unspecified atom stereocenters. The Hall–Kier alpha value is 0.580. The second-order valence-corrected chi connectivity index (χ2v) is 4.80. The van der Waals surface area contributed by atoms with Gasteiger partial charge in [0.05, 0.1) is 0 Å². The molecule has 9 heavy (non-hydrogen) atoms. The van der Waals surface area contributed by atoms with Crippen LogP contribution in [0.1, 0.15) is 25.7 Å². The first-order valence-electron chi connectivity index (χ1n) is 3.58. The monoisotopic (exact) mass is 164 g/mol. The van der Waals surface area contributed by atoms with Crippen molar-refractivity contribution in [2.45, 2.75) is 30.0 Å². The van der Waals surface area contributed by atoms with Crippen LogP contribution in [0.4, 0.5) is 0 Å². The SMILES string of the molecule is ClC1(Cl)CCC[C@@H]2C[C@H]21. The Labute approximate surface area is 65.5 Å². The number of hydrogen-bond acceptors (Lipinski definition) is 0. The summed E-state index contributed by atoms with van der Waals surface area (Å²) in [5.74, 6) is 1.53. The maximum Gasteiger partial charge on any atom is 0.121 e. The van der Waals surface area contributed by atoms with E-state index in [1.165, 1.54) is 19.3 Å². The molecule has 2 aliphatic rings. The van der Waals surface area contributed by atoms with Crippen molar-refractivity contribution < 1.29 is 0 Å². The average molecular weight is 165 g/mol. The molecule has 0 N–H and O–H groups in total. The van der Waals surface area contributed by atoms with Gasteiger partial charge in [0.15, 0.2) is 0 Å². The van der Waals surface area contributed by atoms with Gasteiger partial charge < -0.3 is 0 Å². The van der Waals surface area contributed by atoms with Crippen LogP contribution in [0.2, 0.25) is 0 Å². The normalized spacial score (nSPS) is 46.0. The zero-order valence-electron chi connectivity index (χ0n) is 5.24. The van der Waals surface area contributed by atoms with Gasteiger partial charge in [-0.25, -0.2) is 0 Å². The Kier molecular flexibility index (Phi) is 1.26. The molecular formula is C7H10Cl2. The minimum atomic E-state index is -0.344. The molecule has 52 valence electrons. The molecule has 2 fully saturated rings.